The molecule has 1 aromatic rings. The summed E-state index contributed by atoms with van der Waals surface area (Å²) in [6.45, 7) is 1.37. The average molecular weight is 225 g/mol. The molecule has 0 aliphatic carbocycles. The van der Waals surface area contributed by atoms with E-state index >= 15 is 0 Å². The summed E-state index contributed by atoms with van der Waals surface area (Å²) >= 11 is 5.81. The third kappa shape index (κ3) is 3.12. The standard InChI is InChI=1S/C11H13ClN2O/c1-14(5-6-15-2)11-4-3-10(12)7-9(11)8-13/h3-4,7H,5-6H2,1-2H3. The molecular weight excluding hydrogens is 212 g/mol. The molecule has 3 nitrogen and oxygen atoms in total. The molecule has 0 heterocycles. The minimum atomic E-state index is 0.579. The van der Waals surface area contributed by atoms with E-state index in [0.29, 0.717) is 17.2 Å². The number of nitriles is 1. The second kappa shape index (κ2) is 5.59. The van der Waals surface area contributed by atoms with Crippen molar-refractivity contribution in [3.63, 3.8) is 0 Å². The molecule has 0 bridgehead atoms. The highest BCUT2D eigenvalue weighted by molar-refractivity contribution is 6.30. The molecule has 0 fully saturated rings. The Bertz CT molecular complexity index is 373. The van der Waals surface area contributed by atoms with Crippen molar-refractivity contribution in [1.29, 1.82) is 5.26 Å². The Balaban J connectivity index is 2.89. The molecule has 0 aliphatic heterocycles. The Hall–Kier alpha value is -1.24. The van der Waals surface area contributed by atoms with E-state index < -0.39 is 0 Å². The summed E-state index contributed by atoms with van der Waals surface area (Å²) in [4.78, 5) is 1.97. The molecule has 0 radical (unpaired) electrons. The van der Waals surface area contributed by atoms with Gasteiger partial charge in [0.1, 0.15) is 6.07 Å². The summed E-state index contributed by atoms with van der Waals surface area (Å²) < 4.78 is 4.98. The second-order valence-electron chi connectivity index (χ2n) is 3.19. The SMILES string of the molecule is COCCN(C)c1ccc(Cl)cc1C#N. The van der Waals surface area contributed by atoms with Crippen molar-refractivity contribution >= 4 is 17.3 Å². The van der Waals surface area contributed by atoms with Crippen LogP contribution in [0.2, 0.25) is 5.02 Å². The summed E-state index contributed by atoms with van der Waals surface area (Å²) in [5, 5.41) is 9.53. The molecule has 0 spiro atoms. The topological polar surface area (TPSA) is 36.3 Å². The van der Waals surface area contributed by atoms with Crippen molar-refractivity contribution in [1.82, 2.24) is 0 Å². The van der Waals surface area contributed by atoms with Crippen LogP contribution >= 0.6 is 11.6 Å². The number of hydrogen-bond acceptors (Lipinski definition) is 3. The maximum absolute atomic E-state index is 8.95. The van der Waals surface area contributed by atoms with Gasteiger partial charge in [-0.25, -0.2) is 0 Å². The molecule has 4 heteroatoms. The van der Waals surface area contributed by atoms with Crippen LogP contribution in [0.4, 0.5) is 5.69 Å². The summed E-state index contributed by atoms with van der Waals surface area (Å²) in [6.07, 6.45) is 0. The van der Waals surface area contributed by atoms with Gasteiger partial charge in [0.05, 0.1) is 17.9 Å². The summed E-state index contributed by atoms with van der Waals surface area (Å²) in [6, 6.07) is 7.42. The van der Waals surface area contributed by atoms with Crippen LogP contribution in [0.25, 0.3) is 0 Å². The number of hydrogen-bond donors (Lipinski definition) is 0. The van der Waals surface area contributed by atoms with Crippen LogP contribution in [-0.4, -0.2) is 27.3 Å². The third-order valence-corrected chi connectivity index (χ3v) is 2.36. The maximum Gasteiger partial charge on any atom is 0.101 e. The normalized spacial score (nSPS) is 9.73. The quantitative estimate of drug-likeness (QED) is 0.788. The number of ether oxygens (including phenoxy) is 1. The molecule has 0 unspecified atom stereocenters. The van der Waals surface area contributed by atoms with Gasteiger partial charge < -0.3 is 9.64 Å². The van der Waals surface area contributed by atoms with E-state index in [-0.39, 0.29) is 0 Å². The van der Waals surface area contributed by atoms with Crippen molar-refractivity contribution in [3.8, 4) is 6.07 Å². The van der Waals surface area contributed by atoms with E-state index in [1.165, 1.54) is 0 Å². The third-order valence-electron chi connectivity index (χ3n) is 2.12. The maximum atomic E-state index is 8.95. The Morgan fingerprint density at radius 3 is 2.87 bits per heavy atom. The van der Waals surface area contributed by atoms with Gasteiger partial charge in [0.25, 0.3) is 0 Å². The molecule has 80 valence electrons. The van der Waals surface area contributed by atoms with Gasteiger partial charge in [-0.05, 0) is 18.2 Å². The van der Waals surface area contributed by atoms with Gasteiger partial charge in [0, 0.05) is 25.7 Å². The van der Waals surface area contributed by atoms with Crippen molar-refractivity contribution in [2.45, 2.75) is 0 Å². The first-order chi connectivity index (χ1) is 7.19. The fourth-order valence-electron chi connectivity index (χ4n) is 1.28. The number of halogens is 1. The van der Waals surface area contributed by atoms with Gasteiger partial charge in [-0.1, -0.05) is 11.6 Å². The van der Waals surface area contributed by atoms with Crippen molar-refractivity contribution < 1.29 is 4.74 Å². The summed E-state index contributed by atoms with van der Waals surface area (Å²) in [5.41, 5.74) is 1.46. The lowest BCUT2D eigenvalue weighted by Gasteiger charge is -2.19. The molecular formula is C11H13ClN2O. The zero-order valence-corrected chi connectivity index (χ0v) is 9.58. The Labute approximate surface area is 94.8 Å². The first kappa shape index (κ1) is 11.8. The highest BCUT2D eigenvalue weighted by atomic mass is 35.5. The average Bonchev–Trinajstić information content (AvgIpc) is 2.25. The Kier molecular flexibility index (Phi) is 4.41. The van der Waals surface area contributed by atoms with Crippen LogP contribution in [-0.2, 0) is 4.74 Å². The largest absolute Gasteiger partial charge is 0.383 e. The molecule has 1 rings (SSSR count). The van der Waals surface area contributed by atoms with E-state index in [0.717, 1.165) is 12.2 Å². The fourth-order valence-corrected chi connectivity index (χ4v) is 1.45. The van der Waals surface area contributed by atoms with Gasteiger partial charge in [-0.2, -0.15) is 5.26 Å². The first-order valence-electron chi connectivity index (χ1n) is 4.58. The lowest BCUT2D eigenvalue weighted by Crippen LogP contribution is -2.22. The van der Waals surface area contributed by atoms with Gasteiger partial charge in [0.15, 0.2) is 0 Å². The number of rotatable bonds is 4. The number of likely N-dealkylation sites (N-methyl/N-ethyl adjacent to an activating group) is 1. The molecule has 0 saturated carbocycles. The van der Waals surface area contributed by atoms with Crippen LogP contribution in [0.15, 0.2) is 18.2 Å². The highest BCUT2D eigenvalue weighted by Gasteiger charge is 2.07. The number of nitrogens with zero attached hydrogens (tertiary/aromatic N) is 2. The number of benzene rings is 1. The molecule has 0 aromatic heterocycles. The molecule has 0 N–H and O–H groups in total. The highest BCUT2D eigenvalue weighted by Crippen LogP contribution is 2.22. The van der Waals surface area contributed by atoms with Gasteiger partial charge >= 0.3 is 0 Å². The van der Waals surface area contributed by atoms with E-state index in [1.807, 2.05) is 18.0 Å². The van der Waals surface area contributed by atoms with Crippen LogP contribution < -0.4 is 4.90 Å². The van der Waals surface area contributed by atoms with Crippen LogP contribution in [0, 0.1) is 11.3 Å². The number of anilines is 1. The monoisotopic (exact) mass is 224 g/mol. The molecule has 15 heavy (non-hydrogen) atoms. The summed E-state index contributed by atoms with van der Waals surface area (Å²) in [5.74, 6) is 0. The molecule has 0 aliphatic rings. The lowest BCUT2D eigenvalue weighted by atomic mass is 10.2. The van der Waals surface area contributed by atoms with E-state index in [4.69, 9.17) is 21.6 Å². The smallest absolute Gasteiger partial charge is 0.101 e. The minimum absolute atomic E-state index is 0.579. The van der Waals surface area contributed by atoms with Gasteiger partial charge in [-0.3, -0.25) is 0 Å². The number of methoxy groups -OCH3 is 1. The zero-order chi connectivity index (χ0) is 11.3. The van der Waals surface area contributed by atoms with Gasteiger partial charge in [-0.15, -0.1) is 0 Å². The van der Waals surface area contributed by atoms with E-state index in [2.05, 4.69) is 6.07 Å². The molecule has 0 atom stereocenters. The van der Waals surface area contributed by atoms with Gasteiger partial charge in [0.2, 0.25) is 0 Å². The lowest BCUT2D eigenvalue weighted by molar-refractivity contribution is 0.206. The molecule has 0 amide bonds. The molecule has 1 aromatic carbocycles. The summed E-state index contributed by atoms with van der Waals surface area (Å²) in [7, 11) is 3.57. The predicted molar refractivity (Wildman–Crippen MR) is 61.3 cm³/mol. The second-order valence-corrected chi connectivity index (χ2v) is 3.62. The molecule has 0 saturated heterocycles. The van der Waals surface area contributed by atoms with Crippen LogP contribution in [0.5, 0.6) is 0 Å². The van der Waals surface area contributed by atoms with Crippen molar-refractivity contribution in [2.75, 3.05) is 32.2 Å². The van der Waals surface area contributed by atoms with Crippen LogP contribution in [0.1, 0.15) is 5.56 Å². The van der Waals surface area contributed by atoms with Crippen molar-refractivity contribution in [3.05, 3.63) is 28.8 Å². The van der Waals surface area contributed by atoms with E-state index in [1.54, 1.807) is 19.2 Å². The van der Waals surface area contributed by atoms with Crippen LogP contribution in [0.3, 0.4) is 0 Å². The van der Waals surface area contributed by atoms with Crippen molar-refractivity contribution in [2.24, 2.45) is 0 Å². The predicted octanol–water partition coefficient (Wildman–Crippen LogP) is 2.29. The Morgan fingerprint density at radius 2 is 2.27 bits per heavy atom. The fraction of sp³-hybridized carbons (Fsp3) is 0.364. The first-order valence-corrected chi connectivity index (χ1v) is 4.96. The Morgan fingerprint density at radius 1 is 1.53 bits per heavy atom. The minimum Gasteiger partial charge on any atom is -0.383 e. The zero-order valence-electron chi connectivity index (χ0n) is 8.83. The van der Waals surface area contributed by atoms with E-state index in [9.17, 15) is 0 Å².